The number of rotatable bonds is 5. The first kappa shape index (κ1) is 18.3. The molecular formula is C15H10BrF3N2O2S. The summed E-state index contributed by atoms with van der Waals surface area (Å²) >= 11 is 4.17. The zero-order valence-corrected chi connectivity index (χ0v) is 14.3. The fraction of sp³-hybridized carbons (Fsp3) is 0.133. The summed E-state index contributed by atoms with van der Waals surface area (Å²) in [6.07, 6.45) is -5.77. The van der Waals surface area contributed by atoms with E-state index in [9.17, 15) is 22.8 Å². The Morgan fingerprint density at radius 3 is 2.46 bits per heavy atom. The van der Waals surface area contributed by atoms with E-state index in [0.29, 0.717) is 4.47 Å². The van der Waals surface area contributed by atoms with Crippen LogP contribution in [0.15, 0.2) is 51.4 Å². The fourth-order valence-corrected chi connectivity index (χ4v) is 2.83. The Kier molecular flexibility index (Phi) is 5.89. The van der Waals surface area contributed by atoms with E-state index in [-0.39, 0.29) is 10.4 Å². The van der Waals surface area contributed by atoms with Crippen LogP contribution in [0.3, 0.4) is 0 Å². The van der Waals surface area contributed by atoms with Gasteiger partial charge in [-0.05, 0) is 39.5 Å². The highest BCUT2D eigenvalue weighted by Crippen LogP contribution is 2.22. The Morgan fingerprint density at radius 2 is 1.88 bits per heavy atom. The van der Waals surface area contributed by atoms with Crippen molar-refractivity contribution < 1.29 is 22.8 Å². The normalized spacial score (nSPS) is 12.1. The van der Waals surface area contributed by atoms with E-state index in [2.05, 4.69) is 21.0 Å². The number of nitrogens with zero attached hydrogens (tertiary/aromatic N) is 1. The van der Waals surface area contributed by atoms with E-state index >= 15 is 0 Å². The predicted octanol–water partition coefficient (Wildman–Crippen LogP) is 4.43. The molecule has 0 aliphatic heterocycles. The van der Waals surface area contributed by atoms with Gasteiger partial charge >= 0.3 is 6.18 Å². The number of carbonyl (C=O) groups is 2. The van der Waals surface area contributed by atoms with E-state index in [1.54, 1.807) is 29.6 Å². The summed E-state index contributed by atoms with van der Waals surface area (Å²) in [6.45, 7) is 0. The van der Waals surface area contributed by atoms with Crippen LogP contribution in [0.25, 0.3) is 0 Å². The minimum Gasteiger partial charge on any atom is -0.293 e. The van der Waals surface area contributed by atoms with Crippen molar-refractivity contribution in [2.75, 3.05) is 0 Å². The van der Waals surface area contributed by atoms with Gasteiger partial charge in [0.25, 0.3) is 5.91 Å². The molecule has 1 heterocycles. The lowest BCUT2D eigenvalue weighted by atomic mass is 10.1. The van der Waals surface area contributed by atoms with Crippen molar-refractivity contribution in [1.29, 1.82) is 0 Å². The molecule has 0 bridgehead atoms. The maximum Gasteiger partial charge on any atom is 0.431 e. The number of hydrogen-bond acceptors (Lipinski definition) is 4. The Morgan fingerprint density at radius 1 is 1.17 bits per heavy atom. The number of alkyl halides is 3. The highest BCUT2D eigenvalue weighted by atomic mass is 79.9. The number of amides is 1. The Hall–Kier alpha value is -2.00. The van der Waals surface area contributed by atoms with Gasteiger partial charge in [0.15, 0.2) is 5.78 Å². The maximum atomic E-state index is 13.0. The number of hydrogen-bond donors (Lipinski definition) is 1. The molecule has 0 aliphatic carbocycles. The summed E-state index contributed by atoms with van der Waals surface area (Å²) in [5.74, 6) is -1.52. The van der Waals surface area contributed by atoms with E-state index in [0.717, 1.165) is 11.3 Å². The molecule has 4 nitrogen and oxygen atoms in total. The van der Waals surface area contributed by atoms with Gasteiger partial charge < -0.3 is 0 Å². The molecule has 0 saturated heterocycles. The minimum atomic E-state index is -4.83. The van der Waals surface area contributed by atoms with Crippen molar-refractivity contribution >= 4 is 44.7 Å². The van der Waals surface area contributed by atoms with Crippen LogP contribution in [-0.2, 0) is 0 Å². The van der Waals surface area contributed by atoms with Crippen LogP contribution in [0, 0.1) is 0 Å². The summed E-state index contributed by atoms with van der Waals surface area (Å²) in [7, 11) is 0. The topological polar surface area (TPSA) is 58.5 Å². The molecule has 0 unspecified atom stereocenters. The second-order valence-electron chi connectivity index (χ2n) is 4.55. The second kappa shape index (κ2) is 7.71. The predicted molar refractivity (Wildman–Crippen MR) is 88.4 cm³/mol. The molecule has 0 saturated carbocycles. The van der Waals surface area contributed by atoms with Crippen LogP contribution in [0.2, 0.25) is 0 Å². The summed E-state index contributed by atoms with van der Waals surface area (Å²) in [6, 6.07) is 9.22. The number of thiophene rings is 1. The first-order valence-electron chi connectivity index (χ1n) is 6.54. The lowest BCUT2D eigenvalue weighted by molar-refractivity contribution is -0.0605. The van der Waals surface area contributed by atoms with Gasteiger partial charge in [-0.25, -0.2) is 5.43 Å². The molecule has 0 atom stereocenters. The molecular weight excluding hydrogens is 409 g/mol. The van der Waals surface area contributed by atoms with Gasteiger partial charge in [0.1, 0.15) is 5.71 Å². The van der Waals surface area contributed by atoms with Gasteiger partial charge in [-0.3, -0.25) is 9.59 Å². The lowest BCUT2D eigenvalue weighted by Crippen LogP contribution is -2.30. The monoisotopic (exact) mass is 418 g/mol. The van der Waals surface area contributed by atoms with E-state index in [1.165, 1.54) is 12.1 Å². The SMILES string of the molecule is O=C(C/C(=N/NC(=O)c1ccccc1Br)C(F)(F)F)c1cccs1. The van der Waals surface area contributed by atoms with Gasteiger partial charge in [-0.1, -0.05) is 18.2 Å². The number of ketones is 1. The fourth-order valence-electron chi connectivity index (χ4n) is 1.70. The zero-order valence-electron chi connectivity index (χ0n) is 11.9. The van der Waals surface area contributed by atoms with Crippen molar-refractivity contribution in [3.63, 3.8) is 0 Å². The van der Waals surface area contributed by atoms with Crippen molar-refractivity contribution in [3.05, 3.63) is 56.7 Å². The molecule has 24 heavy (non-hydrogen) atoms. The quantitative estimate of drug-likeness (QED) is 0.443. The van der Waals surface area contributed by atoms with Crippen molar-refractivity contribution in [2.45, 2.75) is 12.6 Å². The average molecular weight is 419 g/mol. The summed E-state index contributed by atoms with van der Waals surface area (Å²) in [5, 5.41) is 4.71. The number of hydrazone groups is 1. The number of nitrogens with one attached hydrogen (secondary N) is 1. The highest BCUT2D eigenvalue weighted by Gasteiger charge is 2.37. The first-order chi connectivity index (χ1) is 11.3. The Bertz CT molecular complexity index is 773. The van der Waals surface area contributed by atoms with Gasteiger partial charge in [0, 0.05) is 4.47 Å². The molecule has 126 valence electrons. The van der Waals surface area contributed by atoms with Crippen LogP contribution >= 0.6 is 27.3 Å². The number of carbonyl (C=O) groups excluding carboxylic acids is 2. The summed E-state index contributed by atoms with van der Waals surface area (Å²) in [5.41, 5.74) is 0.619. The van der Waals surface area contributed by atoms with E-state index in [1.807, 2.05) is 5.43 Å². The van der Waals surface area contributed by atoms with Crippen molar-refractivity contribution in [3.8, 4) is 0 Å². The van der Waals surface area contributed by atoms with Gasteiger partial charge in [0.2, 0.25) is 0 Å². The maximum absolute atomic E-state index is 13.0. The van der Waals surface area contributed by atoms with E-state index in [4.69, 9.17) is 0 Å². The van der Waals surface area contributed by atoms with Crippen LogP contribution < -0.4 is 5.43 Å². The summed E-state index contributed by atoms with van der Waals surface area (Å²) in [4.78, 5) is 24.0. The molecule has 0 radical (unpaired) electrons. The molecule has 1 aromatic heterocycles. The molecule has 0 spiro atoms. The second-order valence-corrected chi connectivity index (χ2v) is 6.36. The zero-order chi connectivity index (χ0) is 17.7. The molecule has 2 rings (SSSR count). The van der Waals surface area contributed by atoms with Crippen LogP contribution in [0.5, 0.6) is 0 Å². The molecule has 0 fully saturated rings. The van der Waals surface area contributed by atoms with Crippen LogP contribution in [0.4, 0.5) is 13.2 Å². The third-order valence-electron chi connectivity index (χ3n) is 2.86. The molecule has 0 aliphatic rings. The van der Waals surface area contributed by atoms with Gasteiger partial charge in [-0.15, -0.1) is 11.3 Å². The Balaban J connectivity index is 2.16. The molecule has 9 heteroatoms. The van der Waals surface area contributed by atoms with Crippen molar-refractivity contribution in [1.82, 2.24) is 5.43 Å². The highest BCUT2D eigenvalue weighted by molar-refractivity contribution is 9.10. The number of benzene rings is 1. The lowest BCUT2D eigenvalue weighted by Gasteiger charge is -2.10. The largest absolute Gasteiger partial charge is 0.431 e. The first-order valence-corrected chi connectivity index (χ1v) is 8.21. The standard InChI is InChI=1S/C15H10BrF3N2O2S/c16-10-5-2-1-4-9(10)14(23)21-20-13(15(17,18)19)8-11(22)12-6-3-7-24-12/h1-7H,8H2,(H,21,23)/b20-13-. The van der Waals surface area contributed by atoms with Crippen LogP contribution in [0.1, 0.15) is 26.5 Å². The average Bonchev–Trinajstić information content (AvgIpc) is 3.04. The minimum absolute atomic E-state index is 0.132. The molecule has 2 aromatic rings. The third kappa shape index (κ3) is 4.75. The Labute approximate surface area is 147 Å². The van der Waals surface area contributed by atoms with Crippen molar-refractivity contribution in [2.24, 2.45) is 5.10 Å². The van der Waals surface area contributed by atoms with Crippen LogP contribution in [-0.4, -0.2) is 23.6 Å². The molecule has 1 amide bonds. The number of halogens is 4. The van der Waals surface area contributed by atoms with Gasteiger partial charge in [-0.2, -0.15) is 18.3 Å². The number of Topliss-reactive ketones (excluding diaryl/α,β-unsaturated/α-hetero) is 1. The van der Waals surface area contributed by atoms with E-state index < -0.39 is 30.0 Å². The summed E-state index contributed by atoms with van der Waals surface area (Å²) < 4.78 is 39.5. The smallest absolute Gasteiger partial charge is 0.293 e. The third-order valence-corrected chi connectivity index (χ3v) is 4.46. The molecule has 1 aromatic carbocycles. The molecule has 1 N–H and O–H groups in total. The van der Waals surface area contributed by atoms with Gasteiger partial charge in [0.05, 0.1) is 16.9 Å².